The van der Waals surface area contributed by atoms with Gasteiger partial charge in [0.15, 0.2) is 0 Å². The Morgan fingerprint density at radius 3 is 2.75 bits per heavy atom. The second-order valence-corrected chi connectivity index (χ2v) is 3.68. The lowest BCUT2D eigenvalue weighted by molar-refractivity contribution is 0.606. The normalized spacial score (nSPS) is 10.2. The van der Waals surface area contributed by atoms with Crippen LogP contribution in [0.4, 0.5) is 4.39 Å². The van der Waals surface area contributed by atoms with E-state index in [9.17, 15) is 4.39 Å². The van der Waals surface area contributed by atoms with E-state index in [0.717, 1.165) is 29.3 Å². The molecule has 0 aliphatic heterocycles. The summed E-state index contributed by atoms with van der Waals surface area (Å²) in [6.07, 6.45) is 1.80. The summed E-state index contributed by atoms with van der Waals surface area (Å²) in [4.78, 5) is 0. The first kappa shape index (κ1) is 9.72. The summed E-state index contributed by atoms with van der Waals surface area (Å²) in [6, 6.07) is 5.41. The Hall–Kier alpha value is -0.370. The fourth-order valence-electron chi connectivity index (χ4n) is 1.11. The minimum Gasteiger partial charge on any atom is -0.207 e. The molecule has 66 valence electrons. The highest BCUT2D eigenvalue weighted by Gasteiger charge is 2.00. The average Bonchev–Trinajstić information content (AvgIpc) is 2.03. The molecule has 0 amide bonds. The van der Waals surface area contributed by atoms with Crippen molar-refractivity contribution in [2.24, 2.45) is 0 Å². The lowest BCUT2D eigenvalue weighted by Crippen LogP contribution is -1.91. The Morgan fingerprint density at radius 1 is 1.42 bits per heavy atom. The predicted molar refractivity (Wildman–Crippen MR) is 53.3 cm³/mol. The summed E-state index contributed by atoms with van der Waals surface area (Å²) in [5.41, 5.74) is 1.80. The van der Waals surface area contributed by atoms with Crippen LogP contribution >= 0.6 is 15.9 Å². The molecule has 0 fully saturated rings. The van der Waals surface area contributed by atoms with E-state index in [0.29, 0.717) is 0 Å². The third kappa shape index (κ3) is 2.59. The molecule has 0 aliphatic rings. The molecule has 1 rings (SSSR count). The number of hydrogen-bond donors (Lipinski definition) is 0. The topological polar surface area (TPSA) is 0 Å². The second kappa shape index (κ2) is 4.61. The van der Waals surface area contributed by atoms with Crippen LogP contribution in [0.25, 0.3) is 0 Å². The molecule has 0 nitrogen and oxygen atoms in total. The van der Waals surface area contributed by atoms with Gasteiger partial charge in [-0.25, -0.2) is 4.39 Å². The average molecular weight is 231 g/mol. The summed E-state index contributed by atoms with van der Waals surface area (Å²) in [5, 5.41) is 0.931. The molecule has 12 heavy (non-hydrogen) atoms. The Bertz CT molecular complexity index is 258. The molecule has 1 aromatic rings. The molecule has 0 saturated heterocycles. The van der Waals surface area contributed by atoms with Crippen molar-refractivity contribution < 1.29 is 4.39 Å². The van der Waals surface area contributed by atoms with Gasteiger partial charge in [0, 0.05) is 5.33 Å². The quantitative estimate of drug-likeness (QED) is 0.699. The van der Waals surface area contributed by atoms with E-state index in [4.69, 9.17) is 0 Å². The van der Waals surface area contributed by atoms with Crippen LogP contribution in [-0.4, -0.2) is 5.33 Å². The van der Waals surface area contributed by atoms with Crippen LogP contribution in [0.15, 0.2) is 18.2 Å². The standard InChI is InChI=1S/C10H12BrF/c1-8-4-5-9(3-2-6-11)10(12)7-8/h4-5,7H,2-3,6H2,1H3. The summed E-state index contributed by atoms with van der Waals surface area (Å²) in [6.45, 7) is 1.90. The summed E-state index contributed by atoms with van der Waals surface area (Å²) in [5.74, 6) is -0.0732. The third-order valence-corrected chi connectivity index (χ3v) is 2.35. The molecule has 0 bridgehead atoms. The van der Waals surface area contributed by atoms with Crippen LogP contribution in [0.3, 0.4) is 0 Å². The molecule has 0 radical (unpaired) electrons. The zero-order valence-corrected chi connectivity index (χ0v) is 8.70. The summed E-state index contributed by atoms with van der Waals surface area (Å²) >= 11 is 3.32. The maximum atomic E-state index is 13.2. The molecule has 0 heterocycles. The predicted octanol–water partition coefficient (Wildman–Crippen LogP) is 3.46. The lowest BCUT2D eigenvalue weighted by atomic mass is 10.1. The van der Waals surface area contributed by atoms with E-state index in [1.165, 1.54) is 0 Å². The Morgan fingerprint density at radius 2 is 2.17 bits per heavy atom. The van der Waals surface area contributed by atoms with Gasteiger partial charge >= 0.3 is 0 Å². The van der Waals surface area contributed by atoms with E-state index in [1.54, 1.807) is 6.07 Å². The maximum Gasteiger partial charge on any atom is 0.126 e. The van der Waals surface area contributed by atoms with E-state index >= 15 is 0 Å². The van der Waals surface area contributed by atoms with Gasteiger partial charge in [-0.05, 0) is 37.0 Å². The number of aryl methyl sites for hydroxylation is 2. The van der Waals surface area contributed by atoms with Crippen LogP contribution in [0, 0.1) is 12.7 Å². The van der Waals surface area contributed by atoms with Crippen LogP contribution < -0.4 is 0 Å². The molecule has 0 spiro atoms. The molecule has 0 aliphatic carbocycles. The van der Waals surface area contributed by atoms with Crippen LogP contribution in [0.5, 0.6) is 0 Å². The second-order valence-electron chi connectivity index (χ2n) is 2.89. The van der Waals surface area contributed by atoms with E-state index in [2.05, 4.69) is 15.9 Å². The van der Waals surface area contributed by atoms with Crippen molar-refractivity contribution in [3.05, 3.63) is 35.1 Å². The van der Waals surface area contributed by atoms with Crippen LogP contribution in [0.1, 0.15) is 17.5 Å². The van der Waals surface area contributed by atoms with Gasteiger partial charge in [-0.15, -0.1) is 0 Å². The highest BCUT2D eigenvalue weighted by molar-refractivity contribution is 9.09. The van der Waals surface area contributed by atoms with Crippen molar-refractivity contribution >= 4 is 15.9 Å². The Kier molecular flexibility index (Phi) is 3.73. The highest BCUT2D eigenvalue weighted by Crippen LogP contribution is 2.12. The van der Waals surface area contributed by atoms with Gasteiger partial charge in [0.1, 0.15) is 5.82 Å². The Labute approximate surface area is 80.9 Å². The fourth-order valence-corrected chi connectivity index (χ4v) is 1.39. The molecular weight excluding hydrogens is 219 g/mol. The number of alkyl halides is 1. The summed E-state index contributed by atoms with van der Waals surface area (Å²) < 4.78 is 13.2. The van der Waals surface area contributed by atoms with Crippen molar-refractivity contribution in [3.63, 3.8) is 0 Å². The minimum atomic E-state index is -0.0732. The minimum absolute atomic E-state index is 0.0732. The first-order valence-corrected chi connectivity index (χ1v) is 5.17. The smallest absolute Gasteiger partial charge is 0.126 e. The van der Waals surface area contributed by atoms with Gasteiger partial charge in [-0.2, -0.15) is 0 Å². The van der Waals surface area contributed by atoms with Crippen molar-refractivity contribution in [3.8, 4) is 0 Å². The van der Waals surface area contributed by atoms with Gasteiger partial charge in [0.25, 0.3) is 0 Å². The van der Waals surface area contributed by atoms with Crippen molar-refractivity contribution in [1.29, 1.82) is 0 Å². The van der Waals surface area contributed by atoms with Gasteiger partial charge in [0.05, 0.1) is 0 Å². The number of rotatable bonds is 3. The van der Waals surface area contributed by atoms with Gasteiger partial charge in [-0.1, -0.05) is 28.1 Å². The van der Waals surface area contributed by atoms with Gasteiger partial charge < -0.3 is 0 Å². The molecule has 0 saturated carbocycles. The zero-order valence-electron chi connectivity index (χ0n) is 7.11. The van der Waals surface area contributed by atoms with Gasteiger partial charge in [-0.3, -0.25) is 0 Å². The monoisotopic (exact) mass is 230 g/mol. The molecule has 2 heteroatoms. The van der Waals surface area contributed by atoms with Gasteiger partial charge in [0.2, 0.25) is 0 Å². The molecule has 0 aromatic heterocycles. The first-order chi connectivity index (χ1) is 5.74. The molecule has 0 atom stereocenters. The number of halogens is 2. The van der Waals surface area contributed by atoms with Crippen LogP contribution in [-0.2, 0) is 6.42 Å². The lowest BCUT2D eigenvalue weighted by Gasteiger charge is -2.01. The SMILES string of the molecule is Cc1ccc(CCCBr)c(F)c1. The fraction of sp³-hybridized carbons (Fsp3) is 0.400. The number of benzene rings is 1. The van der Waals surface area contributed by atoms with E-state index in [1.807, 2.05) is 19.1 Å². The van der Waals surface area contributed by atoms with Crippen molar-refractivity contribution in [1.82, 2.24) is 0 Å². The van der Waals surface area contributed by atoms with Crippen molar-refractivity contribution in [2.45, 2.75) is 19.8 Å². The van der Waals surface area contributed by atoms with Crippen LogP contribution in [0.2, 0.25) is 0 Å². The van der Waals surface area contributed by atoms with Crippen molar-refractivity contribution in [2.75, 3.05) is 5.33 Å². The molecule has 1 aromatic carbocycles. The summed E-state index contributed by atoms with van der Waals surface area (Å²) in [7, 11) is 0. The van der Waals surface area contributed by atoms with E-state index < -0.39 is 0 Å². The van der Waals surface area contributed by atoms with E-state index in [-0.39, 0.29) is 5.82 Å². The Balaban J connectivity index is 2.72. The zero-order chi connectivity index (χ0) is 8.97. The molecule has 0 N–H and O–H groups in total. The maximum absolute atomic E-state index is 13.2. The molecule has 0 unspecified atom stereocenters. The third-order valence-electron chi connectivity index (χ3n) is 1.79. The highest BCUT2D eigenvalue weighted by atomic mass is 79.9. The number of hydrogen-bond acceptors (Lipinski definition) is 0. The molecular formula is C10H12BrF. The largest absolute Gasteiger partial charge is 0.207 e. The first-order valence-electron chi connectivity index (χ1n) is 4.05.